The Morgan fingerprint density at radius 1 is 0.476 bits per heavy atom. The van der Waals surface area contributed by atoms with Gasteiger partial charge in [0, 0.05) is 38.7 Å². The van der Waals surface area contributed by atoms with E-state index in [1.807, 2.05) is 0 Å². The molecule has 5 aliphatic rings. The molecule has 0 amide bonds. The molecule has 2 heterocycles. The van der Waals surface area contributed by atoms with E-state index < -0.39 is 0 Å². The highest BCUT2D eigenvalue weighted by Crippen LogP contribution is 2.60. The molecule has 1 N–H and O–H groups in total. The number of nitrogens with zero attached hydrogens (tertiary/aromatic N) is 1. The number of anilines is 5. The van der Waals surface area contributed by atoms with Crippen molar-refractivity contribution in [2.75, 3.05) is 10.2 Å². The largest absolute Gasteiger partial charge is 0.440 e. The highest BCUT2D eigenvalue weighted by molar-refractivity contribution is 6.76. The number of aryl methyl sites for hydroxylation is 1. The van der Waals surface area contributed by atoms with E-state index in [2.05, 4.69) is 255 Å². The van der Waals surface area contributed by atoms with Crippen LogP contribution in [0.1, 0.15) is 212 Å². The first kappa shape index (κ1) is 55.1. The molecule has 1 radical (unpaired) electrons. The maximum absolute atomic E-state index is 7.63. The molecule has 0 spiro atoms. The third-order valence-corrected chi connectivity index (χ3v) is 22.1. The molecule has 0 saturated carbocycles. The van der Waals surface area contributed by atoms with Crippen LogP contribution < -0.4 is 21.1 Å². The Morgan fingerprint density at radius 2 is 1.08 bits per heavy atom. The van der Waals surface area contributed by atoms with E-state index in [9.17, 15) is 0 Å². The van der Waals surface area contributed by atoms with E-state index in [1.54, 1.807) is 0 Å². The lowest BCUT2D eigenvalue weighted by Gasteiger charge is -2.42. The predicted molar refractivity (Wildman–Crippen MR) is 361 cm³/mol. The molecule has 1 aromatic heterocycles. The van der Waals surface area contributed by atoms with Gasteiger partial charge in [-0.2, -0.15) is 0 Å². The van der Waals surface area contributed by atoms with Crippen LogP contribution in [0.5, 0.6) is 0 Å². The summed E-state index contributed by atoms with van der Waals surface area (Å²) in [5.41, 5.74) is 28.5. The number of unbranched alkanes of at least 4 members (excludes halogenated alkanes) is 2. The van der Waals surface area contributed by atoms with Gasteiger partial charge in [0.05, 0.1) is 11.4 Å². The molecule has 0 fully saturated rings. The summed E-state index contributed by atoms with van der Waals surface area (Å²) in [7, 11) is 2.55. The monoisotopic (exact) mass is 1100 g/mol. The first-order chi connectivity index (χ1) is 39.8. The van der Waals surface area contributed by atoms with E-state index >= 15 is 0 Å². The molecule has 14 rings (SSSR count). The minimum absolute atomic E-state index is 0.0158. The zero-order valence-corrected chi connectivity index (χ0v) is 53.2. The fraction of sp³-hybridized carbons (Fsp3) is 0.400. The normalized spacial score (nSPS) is 19.3. The first-order valence-electron chi connectivity index (χ1n) is 32.1. The molecule has 4 aliphatic carbocycles. The summed E-state index contributed by atoms with van der Waals surface area (Å²) in [6.07, 6.45) is 11.6. The second kappa shape index (κ2) is 18.9. The molecule has 4 heteroatoms. The molecule has 0 bridgehead atoms. The zero-order valence-electron chi connectivity index (χ0n) is 53.2. The van der Waals surface area contributed by atoms with Crippen LogP contribution in [-0.4, -0.2) is 7.28 Å². The number of hydrogen-bond acceptors (Lipinski definition) is 3. The Labute approximate surface area is 503 Å². The van der Waals surface area contributed by atoms with Crippen LogP contribution in [0.3, 0.4) is 0 Å². The van der Waals surface area contributed by atoms with Crippen molar-refractivity contribution in [1.82, 2.24) is 0 Å². The van der Waals surface area contributed by atoms with Gasteiger partial charge in [-0.15, -0.1) is 0 Å². The van der Waals surface area contributed by atoms with Crippen molar-refractivity contribution in [3.05, 3.63) is 184 Å². The van der Waals surface area contributed by atoms with Crippen molar-refractivity contribution < 1.29 is 4.42 Å². The van der Waals surface area contributed by atoms with Crippen molar-refractivity contribution in [2.45, 2.75) is 206 Å². The number of furan rings is 1. The summed E-state index contributed by atoms with van der Waals surface area (Å²) in [6, 6.07) is 52.7. The Kier molecular flexibility index (Phi) is 12.4. The van der Waals surface area contributed by atoms with Gasteiger partial charge in [-0.25, -0.2) is 0 Å². The lowest BCUT2D eigenvalue weighted by molar-refractivity contribution is 0.331. The Morgan fingerprint density at radius 3 is 1.76 bits per heavy atom. The standard InChI is InChI=1S/C80H88BN2O/c1-16-17-19-24-48-29-34-66(54(41-48)49-25-20-18-21-26-49)83-72-52-28-23-22-27-50(52)42-57(70(72)81-71-56-45-62-64(47-67(56)84-73(71)83)79(12,13)40-38-77(62,8)9)68-65(82-51-30-32-58-60(43-51)75(4,5)36-35-74(58,2)3)33-31-53-55-44-61-63(46-59(55)80(14,15)69(53)68)78(10,11)39-37-76(61,6)7/h18,20-23,25-34,41-47,82H,16-17,19,24,35-40H2,1-15H3. The molecule has 0 saturated heterocycles. The van der Waals surface area contributed by atoms with E-state index in [4.69, 9.17) is 4.42 Å². The summed E-state index contributed by atoms with van der Waals surface area (Å²) < 4.78 is 7.63. The minimum atomic E-state index is -0.349. The molecule has 9 aromatic rings. The SMILES string of the molecule is CCCCCc1ccc(N2c3oc4cc5c(cc4c3[B]c3c(-c4c(Nc6ccc7c(c6)C(C)(C)CCC7(C)C)ccc6c4C(C)(C)c4cc7c(cc4-6)C(C)(C)CCC7(C)C)cc4ccccc4c32)C(C)(C)CCC5(C)C)c(-c2ccccc2)c1. The minimum Gasteiger partial charge on any atom is -0.440 e. The molecule has 427 valence electrons. The van der Waals surface area contributed by atoms with Crippen molar-refractivity contribution in [2.24, 2.45) is 0 Å². The predicted octanol–water partition coefficient (Wildman–Crippen LogP) is 21.2. The van der Waals surface area contributed by atoms with Crippen LogP contribution in [0.2, 0.25) is 0 Å². The van der Waals surface area contributed by atoms with Gasteiger partial charge in [-0.05, 0) is 227 Å². The van der Waals surface area contributed by atoms with E-state index in [0.717, 1.165) is 65.4 Å². The van der Waals surface area contributed by atoms with Gasteiger partial charge in [-0.1, -0.05) is 196 Å². The van der Waals surface area contributed by atoms with E-state index in [-0.39, 0.29) is 37.9 Å². The van der Waals surface area contributed by atoms with Gasteiger partial charge in [-0.3, -0.25) is 4.90 Å². The molecule has 8 aromatic carbocycles. The smallest absolute Gasteiger partial charge is 0.203 e. The first-order valence-corrected chi connectivity index (χ1v) is 32.1. The number of rotatable bonds is 9. The van der Waals surface area contributed by atoms with Crippen LogP contribution in [0.15, 0.2) is 138 Å². The Hall–Kier alpha value is -6.78. The molecular weight excluding hydrogens is 1020 g/mol. The fourth-order valence-electron chi connectivity index (χ4n) is 16.4. The summed E-state index contributed by atoms with van der Waals surface area (Å²) in [4.78, 5) is 2.56. The molecule has 3 nitrogen and oxygen atoms in total. The van der Waals surface area contributed by atoms with Gasteiger partial charge >= 0.3 is 0 Å². The Bertz CT molecular complexity index is 4190. The van der Waals surface area contributed by atoms with Crippen LogP contribution in [0.4, 0.5) is 28.6 Å². The van der Waals surface area contributed by atoms with Crippen molar-refractivity contribution in [3.63, 3.8) is 0 Å². The molecular formula is C80H88BN2O. The van der Waals surface area contributed by atoms with Gasteiger partial charge in [0.25, 0.3) is 0 Å². The fourth-order valence-corrected chi connectivity index (χ4v) is 16.4. The van der Waals surface area contributed by atoms with E-state index in [0.29, 0.717) is 0 Å². The van der Waals surface area contributed by atoms with Crippen molar-refractivity contribution in [1.29, 1.82) is 0 Å². The summed E-state index contributed by atoms with van der Waals surface area (Å²) >= 11 is 0. The average Bonchev–Trinajstić information content (AvgIpc) is 1.94. The topological polar surface area (TPSA) is 28.4 Å². The summed E-state index contributed by atoms with van der Waals surface area (Å²) in [6.45, 7) is 36.8. The average molecular weight is 1100 g/mol. The number of nitrogens with one attached hydrogen (secondary N) is 1. The maximum Gasteiger partial charge on any atom is 0.203 e. The van der Waals surface area contributed by atoms with Gasteiger partial charge in [0.15, 0.2) is 5.88 Å². The van der Waals surface area contributed by atoms with Crippen molar-refractivity contribution >= 4 is 68.6 Å². The molecule has 1 aliphatic heterocycles. The highest BCUT2D eigenvalue weighted by Gasteiger charge is 2.46. The van der Waals surface area contributed by atoms with Gasteiger partial charge in [0.1, 0.15) is 5.58 Å². The summed E-state index contributed by atoms with van der Waals surface area (Å²) in [5.74, 6) is 0.883. The number of benzene rings is 8. The lowest BCUT2D eigenvalue weighted by Crippen LogP contribution is -2.41. The van der Waals surface area contributed by atoms with Crippen molar-refractivity contribution in [3.8, 4) is 33.4 Å². The molecule has 84 heavy (non-hydrogen) atoms. The highest BCUT2D eigenvalue weighted by atomic mass is 16.4. The van der Waals surface area contributed by atoms with Crippen LogP contribution >= 0.6 is 0 Å². The van der Waals surface area contributed by atoms with Gasteiger partial charge < -0.3 is 9.73 Å². The van der Waals surface area contributed by atoms with Crippen LogP contribution in [-0.2, 0) is 44.3 Å². The number of hydrogen-bond donors (Lipinski definition) is 1. The third kappa shape index (κ3) is 8.47. The number of fused-ring (bicyclic) bond motifs is 12. The van der Waals surface area contributed by atoms with Crippen LogP contribution in [0, 0.1) is 0 Å². The maximum atomic E-state index is 7.63. The lowest BCUT2D eigenvalue weighted by atomic mass is 9.57. The Balaban J connectivity index is 1.09. The van der Waals surface area contributed by atoms with Crippen LogP contribution in [0.25, 0.3) is 55.1 Å². The summed E-state index contributed by atoms with van der Waals surface area (Å²) in [5, 5.41) is 7.85. The second-order valence-corrected chi connectivity index (χ2v) is 30.9. The third-order valence-electron chi connectivity index (χ3n) is 22.1. The zero-order chi connectivity index (χ0) is 58.8. The quantitative estimate of drug-likeness (QED) is 0.115. The molecule has 0 unspecified atom stereocenters. The van der Waals surface area contributed by atoms with Gasteiger partial charge in [0.2, 0.25) is 7.28 Å². The molecule has 0 atom stereocenters. The van der Waals surface area contributed by atoms with E-state index in [1.165, 1.54) is 144 Å². The second-order valence-electron chi connectivity index (χ2n) is 30.9.